The molecule has 3 heterocycles. The Labute approximate surface area is 173 Å². The van der Waals surface area contributed by atoms with Crippen molar-refractivity contribution in [1.29, 1.82) is 0 Å². The van der Waals surface area contributed by atoms with Crippen molar-refractivity contribution < 1.29 is 9.59 Å². The largest absolute Gasteiger partial charge is 0.341 e. The lowest BCUT2D eigenvalue weighted by molar-refractivity contribution is -0.139. The van der Waals surface area contributed by atoms with Gasteiger partial charge in [-0.1, -0.05) is 6.07 Å². The summed E-state index contributed by atoms with van der Waals surface area (Å²) in [6, 6.07) is 3.89. The molecule has 152 valence electrons. The van der Waals surface area contributed by atoms with Crippen molar-refractivity contribution in [3.63, 3.8) is 0 Å². The van der Waals surface area contributed by atoms with E-state index in [0.29, 0.717) is 26.1 Å². The summed E-state index contributed by atoms with van der Waals surface area (Å²) in [7, 11) is 3.98. The Morgan fingerprint density at radius 2 is 2.15 bits per heavy atom. The van der Waals surface area contributed by atoms with E-state index in [0.717, 1.165) is 25.2 Å². The summed E-state index contributed by atoms with van der Waals surface area (Å²) in [6.07, 6.45) is 3.89. The number of carbonyl (C=O) groups excluding carboxylic acids is 2. The average Bonchev–Trinajstić information content (AvgIpc) is 3.01. The molecule has 0 saturated carbocycles. The van der Waals surface area contributed by atoms with Crippen LogP contribution in [0.3, 0.4) is 0 Å². The number of hydrogen-bond donors (Lipinski definition) is 1. The number of aromatic nitrogens is 1. The summed E-state index contributed by atoms with van der Waals surface area (Å²) in [4.78, 5) is 35.3. The molecule has 1 N–H and O–H groups in total. The maximum absolute atomic E-state index is 13.1. The van der Waals surface area contributed by atoms with Crippen LogP contribution in [0.15, 0.2) is 24.5 Å². The first kappa shape index (κ1) is 23.6. The number of carbonyl (C=O) groups is 2. The average molecular weight is 418 g/mol. The van der Waals surface area contributed by atoms with Crippen molar-refractivity contribution >= 4 is 36.6 Å². The van der Waals surface area contributed by atoms with Crippen molar-refractivity contribution in [2.75, 3.05) is 53.4 Å². The normalized spacial score (nSPS) is 22.4. The minimum Gasteiger partial charge on any atom is -0.341 e. The molecule has 2 aliphatic heterocycles. The molecule has 0 bridgehead atoms. The number of likely N-dealkylation sites (N-methyl/N-ethyl adjacent to an activating group) is 1. The fourth-order valence-electron chi connectivity index (χ4n) is 3.55. The van der Waals surface area contributed by atoms with Gasteiger partial charge in [0.2, 0.25) is 11.8 Å². The summed E-state index contributed by atoms with van der Waals surface area (Å²) >= 11 is 0. The Hall–Kier alpha value is -1.41. The smallest absolute Gasteiger partial charge is 0.228 e. The van der Waals surface area contributed by atoms with Crippen LogP contribution in [0.1, 0.15) is 18.0 Å². The fourth-order valence-corrected chi connectivity index (χ4v) is 3.55. The Morgan fingerprint density at radius 1 is 1.37 bits per heavy atom. The molecule has 0 spiro atoms. The Bertz CT molecular complexity index is 617. The summed E-state index contributed by atoms with van der Waals surface area (Å²) in [6.45, 7) is 4.22. The second-order valence-electron chi connectivity index (χ2n) is 7.08. The molecule has 2 atom stereocenters. The van der Waals surface area contributed by atoms with Crippen LogP contribution in [-0.4, -0.2) is 84.9 Å². The maximum atomic E-state index is 13.1. The first-order valence-corrected chi connectivity index (χ1v) is 8.90. The molecule has 27 heavy (non-hydrogen) atoms. The number of amides is 2. The second-order valence-corrected chi connectivity index (χ2v) is 7.08. The minimum atomic E-state index is -0.230. The summed E-state index contributed by atoms with van der Waals surface area (Å²) in [5.74, 6) is -0.0451. The van der Waals surface area contributed by atoms with Crippen LogP contribution in [0.25, 0.3) is 0 Å². The monoisotopic (exact) mass is 417 g/mol. The SMILES string of the molecule is CN(C)CCN1CC(C(=O)N2CCNCC2c2cccnc2)CC1=O.Cl.Cl. The molecular formula is C18H29Cl2N5O2. The van der Waals surface area contributed by atoms with E-state index in [2.05, 4.69) is 15.2 Å². The van der Waals surface area contributed by atoms with Gasteiger partial charge in [-0.05, 0) is 25.7 Å². The van der Waals surface area contributed by atoms with Gasteiger partial charge in [0.05, 0.1) is 12.0 Å². The van der Waals surface area contributed by atoms with E-state index in [4.69, 9.17) is 0 Å². The van der Waals surface area contributed by atoms with E-state index in [1.165, 1.54) is 0 Å². The molecule has 2 fully saturated rings. The Balaban J connectivity index is 0.00000182. The van der Waals surface area contributed by atoms with Crippen LogP contribution < -0.4 is 5.32 Å². The number of piperazine rings is 1. The van der Waals surface area contributed by atoms with Gasteiger partial charge in [0, 0.05) is 58.1 Å². The van der Waals surface area contributed by atoms with Crippen LogP contribution >= 0.6 is 24.8 Å². The fraction of sp³-hybridized carbons (Fsp3) is 0.611. The highest BCUT2D eigenvalue weighted by Gasteiger charge is 2.39. The summed E-state index contributed by atoms with van der Waals surface area (Å²) in [5, 5.41) is 3.35. The first-order chi connectivity index (χ1) is 12.1. The van der Waals surface area contributed by atoms with Gasteiger partial charge in [-0.15, -0.1) is 24.8 Å². The third-order valence-electron chi connectivity index (χ3n) is 4.98. The number of nitrogens with zero attached hydrogens (tertiary/aromatic N) is 4. The number of hydrogen-bond acceptors (Lipinski definition) is 5. The van der Waals surface area contributed by atoms with E-state index in [1.54, 1.807) is 6.20 Å². The van der Waals surface area contributed by atoms with Crippen LogP contribution in [0.4, 0.5) is 0 Å². The summed E-state index contributed by atoms with van der Waals surface area (Å²) < 4.78 is 0. The molecule has 0 aromatic carbocycles. The van der Waals surface area contributed by atoms with Crippen molar-refractivity contribution in [2.24, 2.45) is 5.92 Å². The van der Waals surface area contributed by atoms with Gasteiger partial charge in [-0.3, -0.25) is 14.6 Å². The lowest BCUT2D eigenvalue weighted by atomic mass is 10.0. The van der Waals surface area contributed by atoms with Gasteiger partial charge in [0.25, 0.3) is 0 Å². The first-order valence-electron chi connectivity index (χ1n) is 8.90. The molecule has 7 nitrogen and oxygen atoms in total. The van der Waals surface area contributed by atoms with E-state index < -0.39 is 0 Å². The Morgan fingerprint density at radius 3 is 2.81 bits per heavy atom. The highest BCUT2D eigenvalue weighted by molar-refractivity contribution is 5.89. The van der Waals surface area contributed by atoms with E-state index >= 15 is 0 Å². The zero-order chi connectivity index (χ0) is 17.8. The maximum Gasteiger partial charge on any atom is 0.228 e. The molecule has 2 aliphatic rings. The molecule has 0 aliphatic carbocycles. The number of pyridine rings is 1. The predicted molar refractivity (Wildman–Crippen MR) is 109 cm³/mol. The van der Waals surface area contributed by atoms with Crippen LogP contribution in [0, 0.1) is 5.92 Å². The molecule has 2 saturated heterocycles. The highest BCUT2D eigenvalue weighted by atomic mass is 35.5. The molecule has 2 amide bonds. The topological polar surface area (TPSA) is 68.8 Å². The molecule has 1 aromatic rings. The lowest BCUT2D eigenvalue weighted by Crippen LogP contribution is -2.50. The lowest BCUT2D eigenvalue weighted by Gasteiger charge is -2.37. The standard InChI is InChI=1S/C18H27N5O2.2ClH/c1-21(2)8-9-22-13-15(10-17(22)24)18(25)23-7-6-20-12-16(23)14-4-3-5-19-11-14;;/h3-5,11,15-16,20H,6-10,12-13H2,1-2H3;2*1H. The van der Waals surface area contributed by atoms with Crippen LogP contribution in [0.2, 0.25) is 0 Å². The van der Waals surface area contributed by atoms with E-state index in [9.17, 15) is 9.59 Å². The zero-order valence-corrected chi connectivity index (χ0v) is 17.5. The quantitative estimate of drug-likeness (QED) is 0.767. The van der Waals surface area contributed by atoms with E-state index in [1.807, 2.05) is 42.2 Å². The van der Waals surface area contributed by atoms with Gasteiger partial charge in [-0.25, -0.2) is 0 Å². The molecule has 2 unspecified atom stereocenters. The molecule has 9 heteroatoms. The molecule has 1 aromatic heterocycles. The third-order valence-corrected chi connectivity index (χ3v) is 4.98. The minimum absolute atomic E-state index is 0. The van der Waals surface area contributed by atoms with Gasteiger partial charge < -0.3 is 20.0 Å². The molecule has 3 rings (SSSR count). The Kier molecular flexibility index (Phi) is 9.45. The van der Waals surface area contributed by atoms with Gasteiger partial charge >= 0.3 is 0 Å². The van der Waals surface area contributed by atoms with Crippen molar-refractivity contribution in [3.8, 4) is 0 Å². The zero-order valence-electron chi connectivity index (χ0n) is 15.8. The predicted octanol–water partition coefficient (Wildman–Crippen LogP) is 0.808. The highest BCUT2D eigenvalue weighted by Crippen LogP contribution is 2.27. The van der Waals surface area contributed by atoms with Gasteiger partial charge in [0.1, 0.15) is 0 Å². The van der Waals surface area contributed by atoms with Gasteiger partial charge in [-0.2, -0.15) is 0 Å². The second kappa shape index (κ2) is 10.8. The van der Waals surface area contributed by atoms with Crippen LogP contribution in [-0.2, 0) is 9.59 Å². The number of rotatable bonds is 5. The van der Waals surface area contributed by atoms with E-state index in [-0.39, 0.29) is 48.6 Å². The van der Waals surface area contributed by atoms with Gasteiger partial charge in [0.15, 0.2) is 0 Å². The number of halogens is 2. The third kappa shape index (κ3) is 5.78. The summed E-state index contributed by atoms with van der Waals surface area (Å²) in [5.41, 5.74) is 1.04. The number of likely N-dealkylation sites (tertiary alicyclic amines) is 1. The molecule has 0 radical (unpaired) electrons. The van der Waals surface area contributed by atoms with Crippen molar-refractivity contribution in [1.82, 2.24) is 25.0 Å². The van der Waals surface area contributed by atoms with Crippen molar-refractivity contribution in [2.45, 2.75) is 12.5 Å². The number of nitrogens with one attached hydrogen (secondary N) is 1. The molecular weight excluding hydrogens is 389 g/mol. The van der Waals surface area contributed by atoms with Crippen molar-refractivity contribution in [3.05, 3.63) is 30.1 Å². The van der Waals surface area contributed by atoms with Crippen LogP contribution in [0.5, 0.6) is 0 Å².